The lowest BCUT2D eigenvalue weighted by Gasteiger charge is -1.96. The van der Waals surface area contributed by atoms with Crippen LogP contribution in [0.4, 0.5) is 0 Å². The van der Waals surface area contributed by atoms with Crippen LogP contribution in [0, 0.1) is 19.9 Å². The van der Waals surface area contributed by atoms with Crippen molar-refractivity contribution in [1.29, 1.82) is 0 Å². The van der Waals surface area contributed by atoms with Gasteiger partial charge in [-0.1, -0.05) is 12.1 Å². The number of fused-ring (bicyclic) bond motifs is 1. The van der Waals surface area contributed by atoms with Crippen LogP contribution in [0.2, 0.25) is 0 Å². The van der Waals surface area contributed by atoms with Crippen LogP contribution < -0.4 is 0 Å². The molecule has 0 bridgehead atoms. The summed E-state index contributed by atoms with van der Waals surface area (Å²) in [6, 6.07) is 9.39. The Morgan fingerprint density at radius 3 is 2.75 bits per heavy atom. The number of rotatable bonds is 0. The Bertz CT molecular complexity index is 385. The van der Waals surface area contributed by atoms with Crippen molar-refractivity contribution in [3.63, 3.8) is 0 Å². The highest BCUT2D eigenvalue weighted by Gasteiger charge is 2.05. The third kappa shape index (κ3) is 0.795. The molecule has 61 valence electrons. The second-order valence-electron chi connectivity index (χ2n) is 3.20. The largest absolute Gasteiger partial charge is 0.348 e. The van der Waals surface area contributed by atoms with Crippen molar-refractivity contribution in [2.75, 3.05) is 0 Å². The fourth-order valence-electron chi connectivity index (χ4n) is 1.62. The Kier molecular flexibility index (Phi) is 1.47. The molecule has 0 saturated heterocycles. The van der Waals surface area contributed by atoms with Crippen molar-refractivity contribution in [1.82, 2.24) is 4.57 Å². The molecular weight excluding hydrogens is 146 g/mol. The van der Waals surface area contributed by atoms with E-state index >= 15 is 0 Å². The maximum absolute atomic E-state index is 3.26. The zero-order valence-corrected chi connectivity index (χ0v) is 7.68. The lowest BCUT2D eigenvalue weighted by atomic mass is 10.2. The maximum atomic E-state index is 3.26. The van der Waals surface area contributed by atoms with Gasteiger partial charge in [0.25, 0.3) is 0 Å². The van der Waals surface area contributed by atoms with Gasteiger partial charge in [0.15, 0.2) is 0 Å². The van der Waals surface area contributed by atoms with Crippen molar-refractivity contribution < 1.29 is 0 Å². The van der Waals surface area contributed by atoms with Crippen molar-refractivity contribution in [3.8, 4) is 0 Å². The highest BCUT2D eigenvalue weighted by Crippen LogP contribution is 2.22. The first-order valence-electron chi connectivity index (χ1n) is 4.14. The van der Waals surface area contributed by atoms with Gasteiger partial charge in [-0.15, -0.1) is 0 Å². The van der Waals surface area contributed by atoms with Crippen LogP contribution in [0.1, 0.15) is 11.3 Å². The van der Waals surface area contributed by atoms with Gasteiger partial charge in [0, 0.05) is 23.6 Å². The van der Waals surface area contributed by atoms with Gasteiger partial charge >= 0.3 is 0 Å². The summed E-state index contributed by atoms with van der Waals surface area (Å²) < 4.78 is 2.21. The van der Waals surface area contributed by atoms with E-state index in [-0.39, 0.29) is 0 Å². The first kappa shape index (κ1) is 7.41. The van der Waals surface area contributed by atoms with E-state index < -0.39 is 0 Å². The lowest BCUT2D eigenvalue weighted by molar-refractivity contribution is 0.910. The fourth-order valence-corrected chi connectivity index (χ4v) is 1.62. The van der Waals surface area contributed by atoms with Crippen LogP contribution in [0.5, 0.6) is 0 Å². The van der Waals surface area contributed by atoms with Crippen LogP contribution >= 0.6 is 0 Å². The van der Waals surface area contributed by atoms with E-state index in [1.807, 2.05) is 12.1 Å². The number of nitrogens with zero attached hydrogens (tertiary/aromatic N) is 1. The van der Waals surface area contributed by atoms with E-state index in [0.29, 0.717) is 0 Å². The van der Waals surface area contributed by atoms with Crippen molar-refractivity contribution >= 4 is 10.9 Å². The van der Waals surface area contributed by atoms with E-state index in [1.54, 1.807) is 0 Å². The molecular formula is C11H12N. The average Bonchev–Trinajstić information content (AvgIpc) is 2.33. The summed E-state index contributed by atoms with van der Waals surface area (Å²) in [4.78, 5) is 0. The SMILES string of the molecule is Cc1c(C)n(C)c2ccc[c]c12. The minimum absolute atomic E-state index is 1.25. The highest BCUT2D eigenvalue weighted by molar-refractivity contribution is 5.84. The Morgan fingerprint density at radius 2 is 2.08 bits per heavy atom. The molecule has 1 heterocycles. The van der Waals surface area contributed by atoms with Gasteiger partial charge in [0.1, 0.15) is 0 Å². The molecule has 0 saturated carbocycles. The molecule has 1 radical (unpaired) electrons. The summed E-state index contributed by atoms with van der Waals surface area (Å²) in [5.74, 6) is 0. The first-order valence-corrected chi connectivity index (χ1v) is 4.14. The van der Waals surface area contributed by atoms with E-state index in [1.165, 1.54) is 22.2 Å². The van der Waals surface area contributed by atoms with Crippen LogP contribution in [-0.4, -0.2) is 4.57 Å². The zero-order chi connectivity index (χ0) is 8.72. The van der Waals surface area contributed by atoms with Crippen LogP contribution in [-0.2, 0) is 7.05 Å². The van der Waals surface area contributed by atoms with E-state index in [4.69, 9.17) is 0 Å². The summed E-state index contributed by atoms with van der Waals surface area (Å²) in [6.07, 6.45) is 0. The third-order valence-corrected chi connectivity index (χ3v) is 2.62. The van der Waals surface area contributed by atoms with Gasteiger partial charge in [0.05, 0.1) is 0 Å². The first-order chi connectivity index (χ1) is 5.72. The molecule has 2 rings (SSSR count). The third-order valence-electron chi connectivity index (χ3n) is 2.62. The molecule has 1 aromatic carbocycles. The molecule has 2 aromatic rings. The van der Waals surface area contributed by atoms with Gasteiger partial charge in [0.2, 0.25) is 0 Å². The Balaban J connectivity index is 2.99. The van der Waals surface area contributed by atoms with Gasteiger partial charge in [-0.25, -0.2) is 0 Å². The molecule has 0 aliphatic heterocycles. The molecule has 12 heavy (non-hydrogen) atoms. The number of aryl methyl sites for hydroxylation is 2. The smallest absolute Gasteiger partial charge is 0.0488 e. The predicted octanol–water partition coefficient (Wildman–Crippen LogP) is 2.60. The standard InChI is InChI=1S/C11H12N/c1-8-9(2)12(3)11-7-5-4-6-10(8)11/h4-5,7H,1-3H3. The second kappa shape index (κ2) is 2.37. The molecule has 0 atom stereocenters. The molecule has 1 heteroatoms. The van der Waals surface area contributed by atoms with Crippen LogP contribution in [0.3, 0.4) is 0 Å². The average molecular weight is 158 g/mol. The Hall–Kier alpha value is -1.24. The molecule has 0 N–H and O–H groups in total. The van der Waals surface area contributed by atoms with E-state index in [9.17, 15) is 0 Å². The topological polar surface area (TPSA) is 4.93 Å². The fraction of sp³-hybridized carbons (Fsp3) is 0.273. The lowest BCUT2D eigenvalue weighted by Crippen LogP contribution is -1.89. The van der Waals surface area contributed by atoms with Gasteiger partial charge in [-0.2, -0.15) is 0 Å². The molecule has 0 unspecified atom stereocenters. The number of hydrogen-bond acceptors (Lipinski definition) is 0. The van der Waals surface area contributed by atoms with Crippen LogP contribution in [0.25, 0.3) is 10.9 Å². The van der Waals surface area contributed by atoms with Crippen molar-refractivity contribution in [3.05, 3.63) is 35.5 Å². The number of aromatic nitrogens is 1. The van der Waals surface area contributed by atoms with Gasteiger partial charge in [-0.05, 0) is 31.5 Å². The monoisotopic (exact) mass is 158 g/mol. The number of hydrogen-bond donors (Lipinski definition) is 0. The van der Waals surface area contributed by atoms with Gasteiger partial charge < -0.3 is 4.57 Å². The quantitative estimate of drug-likeness (QED) is 0.555. The molecule has 1 aromatic heterocycles. The van der Waals surface area contributed by atoms with E-state index in [0.717, 1.165) is 0 Å². The molecule has 0 aliphatic rings. The summed E-state index contributed by atoms with van der Waals surface area (Å²) >= 11 is 0. The minimum Gasteiger partial charge on any atom is -0.348 e. The second-order valence-corrected chi connectivity index (χ2v) is 3.20. The Morgan fingerprint density at radius 1 is 1.33 bits per heavy atom. The predicted molar refractivity (Wildman–Crippen MR) is 51.2 cm³/mol. The summed E-state index contributed by atoms with van der Waals surface area (Å²) in [5.41, 5.74) is 3.94. The molecule has 0 aliphatic carbocycles. The molecule has 0 spiro atoms. The summed E-state index contributed by atoms with van der Waals surface area (Å²) in [5, 5.41) is 1.25. The zero-order valence-electron chi connectivity index (χ0n) is 7.68. The minimum atomic E-state index is 1.25. The molecule has 1 nitrogen and oxygen atoms in total. The number of benzene rings is 1. The maximum Gasteiger partial charge on any atom is 0.0488 e. The summed E-state index contributed by atoms with van der Waals surface area (Å²) in [6.45, 7) is 4.29. The molecule has 0 amide bonds. The Labute approximate surface area is 72.6 Å². The van der Waals surface area contributed by atoms with Crippen molar-refractivity contribution in [2.24, 2.45) is 7.05 Å². The summed E-state index contributed by atoms with van der Waals surface area (Å²) in [7, 11) is 2.10. The molecule has 0 fully saturated rings. The normalized spacial score (nSPS) is 10.9. The van der Waals surface area contributed by atoms with Crippen molar-refractivity contribution in [2.45, 2.75) is 13.8 Å². The highest BCUT2D eigenvalue weighted by atomic mass is 14.9. The van der Waals surface area contributed by atoms with E-state index in [2.05, 4.69) is 37.6 Å². The van der Waals surface area contributed by atoms with Gasteiger partial charge in [-0.3, -0.25) is 0 Å². The van der Waals surface area contributed by atoms with Crippen LogP contribution in [0.15, 0.2) is 18.2 Å².